The van der Waals surface area contributed by atoms with E-state index in [0.29, 0.717) is 5.92 Å². The Hall–Kier alpha value is -2.62. The summed E-state index contributed by atoms with van der Waals surface area (Å²) in [5, 5.41) is 13.8. The van der Waals surface area contributed by atoms with Crippen LogP contribution in [0.3, 0.4) is 0 Å². The monoisotopic (exact) mass is 377 g/mol. The lowest BCUT2D eigenvalue weighted by molar-refractivity contribution is -0.492. The molecule has 0 spiro atoms. The van der Waals surface area contributed by atoms with Gasteiger partial charge >= 0.3 is 0 Å². The number of fused-ring (bicyclic) bond motifs is 1. The van der Waals surface area contributed by atoms with Crippen molar-refractivity contribution in [2.24, 2.45) is 11.8 Å². The lowest BCUT2D eigenvalue weighted by Crippen LogP contribution is -2.39. The molecule has 4 nitrogen and oxygen atoms in total. The van der Waals surface area contributed by atoms with Crippen LogP contribution in [0.5, 0.6) is 5.75 Å². The second-order valence-electron chi connectivity index (χ2n) is 8.00. The molecule has 0 radical (unpaired) electrons. The first-order valence-corrected chi connectivity index (χ1v) is 10.3. The predicted molar refractivity (Wildman–Crippen MR) is 112 cm³/mol. The second-order valence-corrected chi connectivity index (χ2v) is 8.00. The third kappa shape index (κ3) is 4.27. The van der Waals surface area contributed by atoms with Gasteiger partial charge < -0.3 is 4.74 Å². The van der Waals surface area contributed by atoms with Gasteiger partial charge in [-0.1, -0.05) is 67.8 Å². The molecule has 1 saturated carbocycles. The molecule has 2 aliphatic rings. The maximum Gasteiger partial charge on any atom is 0.210 e. The van der Waals surface area contributed by atoms with Crippen LogP contribution in [0.2, 0.25) is 0 Å². The SMILES string of the molecule is O=[N+]([O-])C[C@H](C1CCCCC1)[C@@H](Oc1ccc2ccccc2c1)C1=CC=CC1. The summed E-state index contributed by atoms with van der Waals surface area (Å²) < 4.78 is 6.51. The van der Waals surface area contributed by atoms with E-state index in [0.717, 1.165) is 36.0 Å². The topological polar surface area (TPSA) is 52.4 Å². The molecule has 4 heteroatoms. The van der Waals surface area contributed by atoms with E-state index in [1.54, 1.807) is 0 Å². The van der Waals surface area contributed by atoms with Gasteiger partial charge in [0.2, 0.25) is 6.54 Å². The lowest BCUT2D eigenvalue weighted by Gasteiger charge is -2.34. The Morgan fingerprint density at radius 1 is 1.07 bits per heavy atom. The van der Waals surface area contributed by atoms with Crippen LogP contribution in [0.1, 0.15) is 38.5 Å². The highest BCUT2D eigenvalue weighted by Gasteiger charge is 2.37. The van der Waals surface area contributed by atoms with Crippen LogP contribution in [-0.4, -0.2) is 17.6 Å². The zero-order valence-electron chi connectivity index (χ0n) is 16.1. The normalized spacial score (nSPS) is 19.4. The van der Waals surface area contributed by atoms with Crippen molar-refractivity contribution in [1.29, 1.82) is 0 Å². The summed E-state index contributed by atoms with van der Waals surface area (Å²) in [5.74, 6) is 1.06. The minimum Gasteiger partial charge on any atom is -0.485 e. The van der Waals surface area contributed by atoms with Gasteiger partial charge in [-0.3, -0.25) is 10.1 Å². The fourth-order valence-electron chi connectivity index (χ4n) is 4.73. The van der Waals surface area contributed by atoms with Crippen molar-refractivity contribution in [1.82, 2.24) is 0 Å². The van der Waals surface area contributed by atoms with Gasteiger partial charge in [-0.2, -0.15) is 0 Å². The van der Waals surface area contributed by atoms with E-state index < -0.39 is 0 Å². The van der Waals surface area contributed by atoms with Crippen LogP contribution in [0.4, 0.5) is 0 Å². The number of nitro groups is 1. The number of hydrogen-bond acceptors (Lipinski definition) is 3. The molecule has 0 amide bonds. The van der Waals surface area contributed by atoms with Crippen molar-refractivity contribution in [3.8, 4) is 5.75 Å². The van der Waals surface area contributed by atoms with Gasteiger partial charge in [0.05, 0.1) is 5.92 Å². The highest BCUT2D eigenvalue weighted by atomic mass is 16.6. The molecule has 146 valence electrons. The Bertz CT molecular complexity index is 896. The second kappa shape index (κ2) is 8.59. The molecule has 0 bridgehead atoms. The van der Waals surface area contributed by atoms with E-state index in [-0.39, 0.29) is 23.5 Å². The molecule has 2 aliphatic carbocycles. The summed E-state index contributed by atoms with van der Waals surface area (Å²) in [6, 6.07) is 14.3. The van der Waals surface area contributed by atoms with Crippen LogP contribution in [0.25, 0.3) is 10.8 Å². The average Bonchev–Trinajstić information content (AvgIpc) is 3.25. The zero-order valence-corrected chi connectivity index (χ0v) is 16.1. The van der Waals surface area contributed by atoms with Crippen molar-refractivity contribution in [2.75, 3.05) is 6.54 Å². The van der Waals surface area contributed by atoms with E-state index in [2.05, 4.69) is 36.4 Å². The average molecular weight is 377 g/mol. The van der Waals surface area contributed by atoms with Crippen LogP contribution in [0.15, 0.2) is 66.3 Å². The van der Waals surface area contributed by atoms with Gasteiger partial charge in [0.1, 0.15) is 11.9 Å². The maximum atomic E-state index is 11.5. The van der Waals surface area contributed by atoms with Crippen LogP contribution >= 0.6 is 0 Å². The Morgan fingerprint density at radius 2 is 1.86 bits per heavy atom. The molecule has 0 N–H and O–H groups in total. The van der Waals surface area contributed by atoms with Crippen LogP contribution in [-0.2, 0) is 0 Å². The fraction of sp³-hybridized carbons (Fsp3) is 0.417. The van der Waals surface area contributed by atoms with Gasteiger partial charge in [0, 0.05) is 4.92 Å². The van der Waals surface area contributed by atoms with E-state index in [1.165, 1.54) is 24.6 Å². The number of benzene rings is 2. The standard InChI is InChI=1S/C24H27NO3/c26-25(27)17-23(19-9-2-1-3-10-19)24(20-11-5-6-12-20)28-22-15-14-18-8-4-7-13-21(18)16-22/h4-8,11,13-16,19,23-24H,1-3,9-10,12,17H2/t23-,24+/m1/s1. The lowest BCUT2D eigenvalue weighted by atomic mass is 9.75. The van der Waals surface area contributed by atoms with E-state index >= 15 is 0 Å². The molecule has 1 fully saturated rings. The molecule has 0 aliphatic heterocycles. The number of rotatable bonds is 7. The van der Waals surface area contributed by atoms with Gasteiger partial charge in [0.15, 0.2) is 0 Å². The third-order valence-electron chi connectivity index (χ3n) is 6.15. The molecule has 0 heterocycles. The van der Waals surface area contributed by atoms with E-state index in [4.69, 9.17) is 4.74 Å². The minimum atomic E-state index is -0.246. The Morgan fingerprint density at radius 3 is 2.57 bits per heavy atom. The summed E-state index contributed by atoms with van der Waals surface area (Å²) in [6.07, 6.45) is 12.5. The molecule has 0 unspecified atom stereocenters. The minimum absolute atomic E-state index is 0.0275. The fourth-order valence-corrected chi connectivity index (χ4v) is 4.73. The Kier molecular flexibility index (Phi) is 5.75. The highest BCUT2D eigenvalue weighted by Crippen LogP contribution is 2.37. The first-order chi connectivity index (χ1) is 13.7. The summed E-state index contributed by atoms with van der Waals surface area (Å²) >= 11 is 0. The summed E-state index contributed by atoms with van der Waals surface area (Å²) in [5.41, 5.74) is 1.16. The molecule has 2 aromatic carbocycles. The van der Waals surface area contributed by atoms with E-state index in [1.807, 2.05) is 24.3 Å². The van der Waals surface area contributed by atoms with Crippen molar-refractivity contribution in [2.45, 2.75) is 44.6 Å². The number of ether oxygens (including phenoxy) is 1. The Balaban J connectivity index is 1.64. The molecule has 2 aromatic rings. The number of nitrogens with zero attached hydrogens (tertiary/aromatic N) is 1. The van der Waals surface area contributed by atoms with Crippen LogP contribution < -0.4 is 4.74 Å². The molecule has 0 saturated heterocycles. The van der Waals surface area contributed by atoms with Crippen LogP contribution in [0, 0.1) is 22.0 Å². The molecular weight excluding hydrogens is 350 g/mol. The molecule has 28 heavy (non-hydrogen) atoms. The molecule has 2 atom stereocenters. The largest absolute Gasteiger partial charge is 0.485 e. The first kappa shape index (κ1) is 18.7. The van der Waals surface area contributed by atoms with Gasteiger partial charge in [-0.15, -0.1) is 0 Å². The van der Waals surface area contributed by atoms with Crippen molar-refractivity contribution >= 4 is 10.8 Å². The number of hydrogen-bond donors (Lipinski definition) is 0. The molecular formula is C24H27NO3. The first-order valence-electron chi connectivity index (χ1n) is 10.3. The third-order valence-corrected chi connectivity index (χ3v) is 6.15. The molecule has 0 aromatic heterocycles. The van der Waals surface area contributed by atoms with Crippen molar-refractivity contribution in [3.63, 3.8) is 0 Å². The molecule has 4 rings (SSSR count). The summed E-state index contributed by atoms with van der Waals surface area (Å²) in [6.45, 7) is -0.0275. The zero-order chi connectivity index (χ0) is 19.3. The summed E-state index contributed by atoms with van der Waals surface area (Å²) in [7, 11) is 0. The summed E-state index contributed by atoms with van der Waals surface area (Å²) in [4.78, 5) is 11.4. The smallest absolute Gasteiger partial charge is 0.210 e. The predicted octanol–water partition coefficient (Wildman–Crippen LogP) is 5.95. The highest BCUT2D eigenvalue weighted by molar-refractivity contribution is 5.83. The van der Waals surface area contributed by atoms with E-state index in [9.17, 15) is 10.1 Å². The van der Waals surface area contributed by atoms with Gasteiger partial charge in [-0.25, -0.2) is 0 Å². The van der Waals surface area contributed by atoms with Crippen molar-refractivity contribution < 1.29 is 9.66 Å². The van der Waals surface area contributed by atoms with Gasteiger partial charge in [-0.05, 0) is 53.7 Å². The van der Waals surface area contributed by atoms with Gasteiger partial charge in [0.25, 0.3) is 0 Å². The van der Waals surface area contributed by atoms with Crippen molar-refractivity contribution in [3.05, 3.63) is 76.4 Å². The quantitative estimate of drug-likeness (QED) is 0.443. The maximum absolute atomic E-state index is 11.5. The number of allylic oxidation sites excluding steroid dienone is 3. The Labute approximate surface area is 166 Å².